The Balaban J connectivity index is 0.000000382. The van der Waals surface area contributed by atoms with Gasteiger partial charge < -0.3 is 0 Å². The summed E-state index contributed by atoms with van der Waals surface area (Å²) in [6.07, 6.45) is 7.58. The summed E-state index contributed by atoms with van der Waals surface area (Å²) in [5.74, 6) is -1.23. The second-order valence-electron chi connectivity index (χ2n) is 9.83. The maximum Gasteiger partial charge on any atom is 0.333 e. The topological polar surface area (TPSA) is 150 Å². The van der Waals surface area contributed by atoms with Gasteiger partial charge in [0.25, 0.3) is 0 Å². The van der Waals surface area contributed by atoms with Gasteiger partial charge in [0.1, 0.15) is 22.7 Å². The zero-order valence-electron chi connectivity index (χ0n) is 23.2. The number of carbonyl (C=O) groups is 6. The summed E-state index contributed by atoms with van der Waals surface area (Å²) in [6.45, 7) is 4.89. The van der Waals surface area contributed by atoms with E-state index in [0.717, 1.165) is 53.2 Å². The summed E-state index contributed by atoms with van der Waals surface area (Å²) in [5.41, 5.74) is 0. The lowest BCUT2D eigenvalue weighted by Crippen LogP contribution is -2.54. The standard InChI is InChI=1S/C13H22N2O3.C12H20N2O5S/c1-4-6-7-10(5-2)9-15-12(17)8-11(16)14(3)13(15)18;1-13-10(15)9-11(16)14(12(13)17)7-5-3-4-6-8-20(2,18)19/h10H,4-9H2,1-3H3;3-9H2,1-2H3. The Morgan fingerprint density at radius 2 is 1.21 bits per heavy atom. The first-order valence-electron chi connectivity index (χ1n) is 13.1. The summed E-state index contributed by atoms with van der Waals surface area (Å²) in [5, 5.41) is 0. The van der Waals surface area contributed by atoms with Gasteiger partial charge in [0.2, 0.25) is 23.6 Å². The third kappa shape index (κ3) is 10.5. The Bertz CT molecular complexity index is 997. The van der Waals surface area contributed by atoms with Crippen LogP contribution in [-0.4, -0.2) is 103 Å². The second kappa shape index (κ2) is 15.6. The second-order valence-corrected chi connectivity index (χ2v) is 12.1. The Kier molecular flexibility index (Phi) is 13.6. The van der Waals surface area contributed by atoms with Gasteiger partial charge in [-0.25, -0.2) is 18.0 Å². The molecule has 8 amide bonds. The fourth-order valence-corrected chi connectivity index (χ4v) is 4.77. The molecule has 38 heavy (non-hydrogen) atoms. The van der Waals surface area contributed by atoms with Crippen molar-refractivity contribution in [3.05, 3.63) is 0 Å². The molecule has 0 N–H and O–H groups in total. The van der Waals surface area contributed by atoms with Gasteiger partial charge in [0.05, 0.1) is 0 Å². The number of unbranched alkanes of at least 4 members (excludes halogenated alkanes) is 4. The first-order chi connectivity index (χ1) is 17.7. The molecule has 12 nitrogen and oxygen atoms in total. The average molecular weight is 559 g/mol. The lowest BCUT2D eigenvalue weighted by Gasteiger charge is -2.32. The Morgan fingerprint density at radius 1 is 0.711 bits per heavy atom. The number of hydrogen-bond acceptors (Lipinski definition) is 8. The number of nitrogens with zero attached hydrogens (tertiary/aromatic N) is 4. The van der Waals surface area contributed by atoms with Crippen LogP contribution in [-0.2, 0) is 29.0 Å². The molecule has 1 unspecified atom stereocenters. The van der Waals surface area contributed by atoms with Crippen molar-refractivity contribution in [2.45, 2.75) is 78.1 Å². The zero-order chi connectivity index (χ0) is 29.0. The summed E-state index contributed by atoms with van der Waals surface area (Å²) >= 11 is 0. The minimum absolute atomic E-state index is 0.159. The predicted octanol–water partition coefficient (Wildman–Crippen LogP) is 2.42. The lowest BCUT2D eigenvalue weighted by molar-refractivity contribution is -0.143. The molecule has 2 rings (SSSR count). The third-order valence-electron chi connectivity index (χ3n) is 6.62. The van der Waals surface area contributed by atoms with Crippen molar-refractivity contribution < 1.29 is 37.2 Å². The molecule has 13 heteroatoms. The summed E-state index contributed by atoms with van der Waals surface area (Å²) in [6, 6.07) is -1.06. The van der Waals surface area contributed by atoms with Crippen molar-refractivity contribution >= 4 is 45.5 Å². The van der Waals surface area contributed by atoms with E-state index in [0.29, 0.717) is 25.3 Å². The normalized spacial score (nSPS) is 17.7. The van der Waals surface area contributed by atoms with Crippen LogP contribution in [0.5, 0.6) is 0 Å². The van der Waals surface area contributed by atoms with Crippen LogP contribution in [0.1, 0.15) is 78.1 Å². The minimum Gasteiger partial charge on any atom is -0.274 e. The Labute approximate surface area is 225 Å². The highest BCUT2D eigenvalue weighted by Gasteiger charge is 2.36. The van der Waals surface area contributed by atoms with Gasteiger partial charge in [-0.3, -0.25) is 38.8 Å². The molecule has 2 aliphatic heterocycles. The molecular weight excluding hydrogens is 516 g/mol. The van der Waals surface area contributed by atoms with Crippen LogP contribution in [0.15, 0.2) is 0 Å². The van der Waals surface area contributed by atoms with E-state index in [4.69, 9.17) is 0 Å². The molecule has 0 aromatic rings. The number of imide groups is 4. The average Bonchev–Trinajstić information content (AvgIpc) is 2.84. The van der Waals surface area contributed by atoms with Gasteiger partial charge >= 0.3 is 12.1 Å². The van der Waals surface area contributed by atoms with Gasteiger partial charge in [-0.1, -0.05) is 46.0 Å². The Morgan fingerprint density at radius 3 is 1.71 bits per heavy atom. The number of hydrogen-bond donors (Lipinski definition) is 0. The maximum atomic E-state index is 11.9. The SMILES string of the molecule is CCCCC(CC)CN1C(=O)CC(=O)N(C)C1=O.CN1C(=O)CC(=O)N(CCCCCCS(C)(=O)=O)C1=O. The number of carbonyl (C=O) groups excluding carboxylic acids is 6. The maximum absolute atomic E-state index is 11.9. The van der Waals surface area contributed by atoms with E-state index >= 15 is 0 Å². The van der Waals surface area contributed by atoms with Crippen molar-refractivity contribution in [1.82, 2.24) is 19.6 Å². The first-order valence-corrected chi connectivity index (χ1v) is 15.2. The van der Waals surface area contributed by atoms with Crippen LogP contribution in [0.25, 0.3) is 0 Å². The minimum atomic E-state index is -2.93. The molecule has 2 aliphatic rings. The fourth-order valence-electron chi connectivity index (χ4n) is 4.04. The molecule has 0 aromatic carbocycles. The van der Waals surface area contributed by atoms with E-state index in [1.807, 2.05) is 0 Å². The van der Waals surface area contributed by atoms with Crippen LogP contribution in [0, 0.1) is 5.92 Å². The molecule has 2 saturated heterocycles. The largest absolute Gasteiger partial charge is 0.333 e. The molecular formula is C25H42N4O8S. The highest BCUT2D eigenvalue weighted by molar-refractivity contribution is 7.90. The van der Waals surface area contributed by atoms with Crippen LogP contribution < -0.4 is 0 Å². The number of rotatable bonds is 13. The summed E-state index contributed by atoms with van der Waals surface area (Å²) in [4.78, 5) is 73.9. The van der Waals surface area contributed by atoms with Crippen LogP contribution >= 0.6 is 0 Å². The fraction of sp³-hybridized carbons (Fsp3) is 0.760. The van der Waals surface area contributed by atoms with Gasteiger partial charge in [0, 0.05) is 39.2 Å². The van der Waals surface area contributed by atoms with Crippen molar-refractivity contribution in [3.63, 3.8) is 0 Å². The highest BCUT2D eigenvalue weighted by atomic mass is 32.2. The van der Waals surface area contributed by atoms with Crippen LogP contribution in [0.4, 0.5) is 9.59 Å². The molecule has 0 spiro atoms. The lowest BCUT2D eigenvalue weighted by atomic mass is 9.98. The van der Waals surface area contributed by atoms with Crippen LogP contribution in [0.3, 0.4) is 0 Å². The number of sulfone groups is 1. The van der Waals surface area contributed by atoms with Crippen molar-refractivity contribution in [1.29, 1.82) is 0 Å². The number of barbiturate groups is 2. The molecule has 216 valence electrons. The monoisotopic (exact) mass is 558 g/mol. The predicted molar refractivity (Wildman–Crippen MR) is 140 cm³/mol. The highest BCUT2D eigenvalue weighted by Crippen LogP contribution is 2.18. The molecule has 0 bridgehead atoms. The van der Waals surface area contributed by atoms with Crippen molar-refractivity contribution in [3.8, 4) is 0 Å². The van der Waals surface area contributed by atoms with Crippen LogP contribution in [0.2, 0.25) is 0 Å². The molecule has 2 heterocycles. The van der Waals surface area contributed by atoms with E-state index in [1.165, 1.54) is 25.3 Å². The Hall–Kier alpha value is -2.83. The van der Waals surface area contributed by atoms with Crippen molar-refractivity contribution in [2.24, 2.45) is 5.92 Å². The van der Waals surface area contributed by atoms with Crippen molar-refractivity contribution in [2.75, 3.05) is 39.2 Å². The molecule has 0 radical (unpaired) electrons. The molecule has 0 saturated carbocycles. The van der Waals surface area contributed by atoms with E-state index in [-0.39, 0.29) is 31.0 Å². The quantitative estimate of drug-likeness (QED) is 0.247. The van der Waals surface area contributed by atoms with E-state index in [1.54, 1.807) is 0 Å². The summed E-state index contributed by atoms with van der Waals surface area (Å²) in [7, 11) is -0.141. The van der Waals surface area contributed by atoms with Gasteiger partial charge in [-0.2, -0.15) is 0 Å². The van der Waals surface area contributed by atoms with E-state index < -0.39 is 39.6 Å². The third-order valence-corrected chi connectivity index (χ3v) is 7.65. The molecule has 2 fully saturated rings. The molecule has 1 atom stereocenters. The van der Waals surface area contributed by atoms with E-state index in [2.05, 4.69) is 13.8 Å². The van der Waals surface area contributed by atoms with E-state index in [9.17, 15) is 37.2 Å². The first kappa shape index (κ1) is 33.2. The van der Waals surface area contributed by atoms with Gasteiger partial charge in [-0.05, 0) is 25.2 Å². The van der Waals surface area contributed by atoms with Gasteiger partial charge in [-0.15, -0.1) is 0 Å². The smallest absolute Gasteiger partial charge is 0.274 e. The summed E-state index contributed by atoms with van der Waals surface area (Å²) < 4.78 is 21.9. The zero-order valence-corrected chi connectivity index (χ0v) is 24.0. The number of urea groups is 2. The van der Waals surface area contributed by atoms with Gasteiger partial charge in [0.15, 0.2) is 0 Å². The number of amides is 8. The molecule has 0 aliphatic carbocycles. The molecule has 0 aromatic heterocycles.